The second kappa shape index (κ2) is 7.05. The second-order valence-electron chi connectivity index (χ2n) is 6.46. The molecule has 1 aromatic carbocycles. The van der Waals surface area contributed by atoms with E-state index in [-0.39, 0.29) is 22.5 Å². The van der Waals surface area contributed by atoms with Gasteiger partial charge in [0.1, 0.15) is 21.9 Å². The first-order valence-electron chi connectivity index (χ1n) is 8.44. The number of carbonyl (C=O) groups is 1. The van der Waals surface area contributed by atoms with E-state index >= 15 is 0 Å². The number of ether oxygens (including phenoxy) is 3. The molecule has 3 rings (SSSR count). The second-order valence-corrected chi connectivity index (χ2v) is 8.29. The number of nitrogens with one attached hydrogen (secondary N) is 1. The van der Waals surface area contributed by atoms with Gasteiger partial charge in [-0.25, -0.2) is 8.42 Å². The SMILES string of the molecule is COCCNC(=O)C12CC1CCN2S(=O)(=O)c1cc(OC)ccc1OC. The zero-order chi connectivity index (χ0) is 18.9. The van der Waals surface area contributed by atoms with Crippen LogP contribution in [-0.2, 0) is 19.6 Å². The van der Waals surface area contributed by atoms with Crippen molar-refractivity contribution in [3.05, 3.63) is 18.2 Å². The minimum absolute atomic E-state index is 0.0102. The lowest BCUT2D eigenvalue weighted by Crippen LogP contribution is -2.50. The van der Waals surface area contributed by atoms with E-state index in [0.717, 1.165) is 0 Å². The Morgan fingerprint density at radius 3 is 2.69 bits per heavy atom. The van der Waals surface area contributed by atoms with Crippen molar-refractivity contribution in [3.63, 3.8) is 0 Å². The van der Waals surface area contributed by atoms with Gasteiger partial charge < -0.3 is 19.5 Å². The molecular weight excluding hydrogens is 360 g/mol. The third kappa shape index (κ3) is 2.93. The van der Waals surface area contributed by atoms with Crippen LogP contribution in [0.15, 0.2) is 23.1 Å². The van der Waals surface area contributed by atoms with E-state index in [1.165, 1.54) is 24.6 Å². The van der Waals surface area contributed by atoms with Crippen LogP contribution < -0.4 is 14.8 Å². The third-order valence-electron chi connectivity index (χ3n) is 5.12. The molecule has 2 fully saturated rings. The first kappa shape index (κ1) is 18.9. The van der Waals surface area contributed by atoms with E-state index in [9.17, 15) is 13.2 Å². The Morgan fingerprint density at radius 1 is 1.31 bits per heavy atom. The number of methoxy groups -OCH3 is 3. The number of sulfonamides is 1. The lowest BCUT2D eigenvalue weighted by Gasteiger charge is -2.27. The molecule has 1 aliphatic heterocycles. The van der Waals surface area contributed by atoms with Gasteiger partial charge in [-0.15, -0.1) is 0 Å². The first-order chi connectivity index (χ1) is 12.4. The lowest BCUT2D eigenvalue weighted by molar-refractivity contribution is -0.126. The monoisotopic (exact) mass is 384 g/mol. The molecule has 9 heteroatoms. The average Bonchev–Trinajstić information content (AvgIpc) is 3.25. The Hall–Kier alpha value is -1.84. The van der Waals surface area contributed by atoms with Gasteiger partial charge in [-0.3, -0.25) is 4.79 Å². The van der Waals surface area contributed by atoms with Crippen molar-refractivity contribution >= 4 is 15.9 Å². The van der Waals surface area contributed by atoms with Gasteiger partial charge in [0.05, 0.1) is 20.8 Å². The van der Waals surface area contributed by atoms with Crippen LogP contribution in [0.2, 0.25) is 0 Å². The molecule has 2 aliphatic rings. The van der Waals surface area contributed by atoms with Gasteiger partial charge in [-0.1, -0.05) is 0 Å². The van der Waals surface area contributed by atoms with Crippen LogP contribution in [0.25, 0.3) is 0 Å². The molecule has 8 nitrogen and oxygen atoms in total. The molecule has 2 unspecified atom stereocenters. The van der Waals surface area contributed by atoms with Crippen molar-refractivity contribution in [2.75, 3.05) is 41.0 Å². The van der Waals surface area contributed by atoms with Crippen LogP contribution in [0.3, 0.4) is 0 Å². The van der Waals surface area contributed by atoms with E-state index in [4.69, 9.17) is 14.2 Å². The molecule has 1 N–H and O–H groups in total. The normalized spacial score (nSPS) is 24.8. The summed E-state index contributed by atoms with van der Waals surface area (Å²) >= 11 is 0. The van der Waals surface area contributed by atoms with Crippen molar-refractivity contribution < 1.29 is 27.4 Å². The minimum atomic E-state index is -3.92. The van der Waals surface area contributed by atoms with Gasteiger partial charge in [0.15, 0.2) is 0 Å². The molecule has 144 valence electrons. The smallest absolute Gasteiger partial charge is 0.247 e. The Balaban J connectivity index is 1.93. The standard InChI is InChI=1S/C17H24N2O6S/c1-23-9-7-18-16(20)17-11-12(17)6-8-19(17)26(21,22)15-10-13(24-2)4-5-14(15)25-3/h4-5,10,12H,6-9,11H2,1-3H3,(H,18,20). The summed E-state index contributed by atoms with van der Waals surface area (Å²) in [7, 11) is 0.511. The predicted molar refractivity (Wildman–Crippen MR) is 93.8 cm³/mol. The molecule has 0 spiro atoms. The van der Waals surface area contributed by atoms with Crippen LogP contribution in [0, 0.1) is 5.92 Å². The molecule has 0 radical (unpaired) electrons. The van der Waals surface area contributed by atoms with E-state index in [1.54, 1.807) is 19.2 Å². The minimum Gasteiger partial charge on any atom is -0.497 e. The van der Waals surface area contributed by atoms with E-state index in [0.29, 0.717) is 38.3 Å². The topological polar surface area (TPSA) is 94.2 Å². The van der Waals surface area contributed by atoms with Crippen LogP contribution in [0.5, 0.6) is 11.5 Å². The summed E-state index contributed by atoms with van der Waals surface area (Å²) in [5.41, 5.74) is -0.999. The Bertz CT molecular complexity index is 796. The van der Waals surface area contributed by atoms with Gasteiger partial charge in [0, 0.05) is 26.3 Å². The highest BCUT2D eigenvalue weighted by atomic mass is 32.2. The number of carbonyl (C=O) groups excluding carboxylic acids is 1. The maximum atomic E-state index is 13.3. The highest BCUT2D eigenvalue weighted by Crippen LogP contribution is 2.58. The first-order valence-corrected chi connectivity index (χ1v) is 9.88. The summed E-state index contributed by atoms with van der Waals surface area (Å²) in [5, 5.41) is 2.79. The summed E-state index contributed by atoms with van der Waals surface area (Å²) in [5.74, 6) is 0.429. The molecule has 0 aromatic heterocycles. The van der Waals surface area contributed by atoms with Crippen molar-refractivity contribution in [2.24, 2.45) is 5.92 Å². The van der Waals surface area contributed by atoms with E-state index < -0.39 is 15.6 Å². The molecule has 1 amide bonds. The average molecular weight is 384 g/mol. The van der Waals surface area contributed by atoms with E-state index in [1.807, 2.05) is 0 Å². The number of fused-ring (bicyclic) bond motifs is 1. The number of benzene rings is 1. The molecule has 1 aliphatic carbocycles. The molecule has 1 heterocycles. The van der Waals surface area contributed by atoms with Gasteiger partial charge >= 0.3 is 0 Å². The number of hydrogen-bond donors (Lipinski definition) is 1. The van der Waals surface area contributed by atoms with Crippen LogP contribution in [-0.4, -0.2) is 65.2 Å². The zero-order valence-electron chi connectivity index (χ0n) is 15.1. The quantitative estimate of drug-likeness (QED) is 0.661. The fourth-order valence-corrected chi connectivity index (χ4v) is 5.67. The molecular formula is C17H24N2O6S. The van der Waals surface area contributed by atoms with Gasteiger partial charge in [0.25, 0.3) is 0 Å². The van der Waals surface area contributed by atoms with E-state index in [2.05, 4.69) is 5.32 Å². The molecule has 1 aromatic rings. The maximum absolute atomic E-state index is 13.3. The molecule has 2 atom stereocenters. The highest BCUT2D eigenvalue weighted by Gasteiger charge is 2.70. The lowest BCUT2D eigenvalue weighted by atomic mass is 10.2. The number of nitrogens with zero attached hydrogens (tertiary/aromatic N) is 1. The van der Waals surface area contributed by atoms with Crippen molar-refractivity contribution in [1.29, 1.82) is 0 Å². The molecule has 26 heavy (non-hydrogen) atoms. The number of rotatable bonds is 8. The van der Waals surface area contributed by atoms with Crippen LogP contribution in [0.4, 0.5) is 0 Å². The van der Waals surface area contributed by atoms with Crippen LogP contribution in [0.1, 0.15) is 12.8 Å². The number of hydrogen-bond acceptors (Lipinski definition) is 6. The maximum Gasteiger partial charge on any atom is 0.247 e. The zero-order valence-corrected chi connectivity index (χ0v) is 16.0. The van der Waals surface area contributed by atoms with Crippen molar-refractivity contribution in [3.8, 4) is 11.5 Å². The third-order valence-corrected chi connectivity index (χ3v) is 7.09. The fraction of sp³-hybridized carbons (Fsp3) is 0.588. The summed E-state index contributed by atoms with van der Waals surface area (Å²) in [4.78, 5) is 12.7. The Morgan fingerprint density at radius 2 is 2.08 bits per heavy atom. The predicted octanol–water partition coefficient (Wildman–Crippen LogP) is 0.620. The summed E-state index contributed by atoms with van der Waals surface area (Å²) in [6, 6.07) is 4.62. The van der Waals surface area contributed by atoms with Crippen molar-refractivity contribution in [1.82, 2.24) is 9.62 Å². The Labute approximate surface area is 153 Å². The molecule has 1 saturated heterocycles. The fourth-order valence-electron chi connectivity index (χ4n) is 3.69. The number of amides is 1. The van der Waals surface area contributed by atoms with Gasteiger partial charge in [-0.2, -0.15) is 4.31 Å². The van der Waals surface area contributed by atoms with Crippen molar-refractivity contribution in [2.45, 2.75) is 23.3 Å². The Kier molecular flexibility index (Phi) is 5.14. The summed E-state index contributed by atoms with van der Waals surface area (Å²) < 4.78 is 43.3. The van der Waals surface area contributed by atoms with Gasteiger partial charge in [-0.05, 0) is 30.9 Å². The highest BCUT2D eigenvalue weighted by molar-refractivity contribution is 7.89. The largest absolute Gasteiger partial charge is 0.497 e. The number of piperidine rings is 1. The molecule has 1 saturated carbocycles. The summed E-state index contributed by atoms with van der Waals surface area (Å²) in [6.07, 6.45) is 1.21. The molecule has 0 bridgehead atoms. The summed E-state index contributed by atoms with van der Waals surface area (Å²) in [6.45, 7) is 1.04. The van der Waals surface area contributed by atoms with Gasteiger partial charge in [0.2, 0.25) is 15.9 Å². The van der Waals surface area contributed by atoms with Crippen LogP contribution >= 0.6 is 0 Å².